The molecule has 1 unspecified atom stereocenters. The molecule has 6 heteroatoms. The van der Waals surface area contributed by atoms with Crippen molar-refractivity contribution in [2.45, 2.75) is 13.0 Å². The molecule has 1 aromatic heterocycles. The molecule has 0 bridgehead atoms. The SMILES string of the molecule is COc1ncc(Cl)c(N2CCNCC2C)n1. The maximum atomic E-state index is 6.11. The molecule has 0 amide bonds. The summed E-state index contributed by atoms with van der Waals surface area (Å²) >= 11 is 6.11. The Balaban J connectivity index is 2.30. The molecule has 1 saturated heterocycles. The zero-order chi connectivity index (χ0) is 11.5. The number of nitrogens with zero attached hydrogens (tertiary/aromatic N) is 3. The molecule has 1 aromatic rings. The van der Waals surface area contributed by atoms with Gasteiger partial charge in [-0.25, -0.2) is 4.98 Å². The molecule has 0 aliphatic carbocycles. The highest BCUT2D eigenvalue weighted by atomic mass is 35.5. The molecular formula is C10H15ClN4O. The van der Waals surface area contributed by atoms with Gasteiger partial charge in [0.1, 0.15) is 5.02 Å². The maximum absolute atomic E-state index is 6.11. The summed E-state index contributed by atoms with van der Waals surface area (Å²) < 4.78 is 5.01. The topological polar surface area (TPSA) is 50.3 Å². The summed E-state index contributed by atoms with van der Waals surface area (Å²) in [5, 5.41) is 3.89. The molecule has 1 aliphatic heterocycles. The Kier molecular flexibility index (Phi) is 3.46. The van der Waals surface area contributed by atoms with E-state index >= 15 is 0 Å². The molecule has 88 valence electrons. The predicted molar refractivity (Wildman–Crippen MR) is 63.3 cm³/mol. The van der Waals surface area contributed by atoms with Crippen molar-refractivity contribution in [2.75, 3.05) is 31.6 Å². The van der Waals surface area contributed by atoms with Crippen LogP contribution in [0.15, 0.2) is 6.20 Å². The van der Waals surface area contributed by atoms with Crippen LogP contribution in [0.4, 0.5) is 5.82 Å². The van der Waals surface area contributed by atoms with Crippen LogP contribution in [0.1, 0.15) is 6.92 Å². The van der Waals surface area contributed by atoms with Crippen molar-refractivity contribution >= 4 is 17.4 Å². The van der Waals surface area contributed by atoms with E-state index in [0.29, 0.717) is 17.1 Å². The summed E-state index contributed by atoms with van der Waals surface area (Å²) in [5.74, 6) is 0.752. The van der Waals surface area contributed by atoms with Crippen LogP contribution in [0.2, 0.25) is 5.02 Å². The zero-order valence-corrected chi connectivity index (χ0v) is 10.2. The molecule has 1 N–H and O–H groups in total. The van der Waals surface area contributed by atoms with E-state index in [9.17, 15) is 0 Å². The van der Waals surface area contributed by atoms with Gasteiger partial charge in [-0.1, -0.05) is 11.6 Å². The van der Waals surface area contributed by atoms with Crippen LogP contribution in [0.5, 0.6) is 6.01 Å². The number of piperazine rings is 1. The highest BCUT2D eigenvalue weighted by Crippen LogP contribution is 2.26. The van der Waals surface area contributed by atoms with Crippen LogP contribution in [0.25, 0.3) is 0 Å². The van der Waals surface area contributed by atoms with Gasteiger partial charge in [0, 0.05) is 25.7 Å². The van der Waals surface area contributed by atoms with Gasteiger partial charge in [-0.2, -0.15) is 4.98 Å². The summed E-state index contributed by atoms with van der Waals surface area (Å²) in [6, 6.07) is 0.719. The predicted octanol–water partition coefficient (Wildman–Crippen LogP) is 0.937. The van der Waals surface area contributed by atoms with Gasteiger partial charge in [0.05, 0.1) is 13.3 Å². The fourth-order valence-electron chi connectivity index (χ4n) is 1.80. The first-order valence-corrected chi connectivity index (χ1v) is 5.64. The number of methoxy groups -OCH3 is 1. The Bertz CT molecular complexity index is 374. The lowest BCUT2D eigenvalue weighted by Gasteiger charge is -2.35. The lowest BCUT2D eigenvalue weighted by Crippen LogP contribution is -2.50. The number of halogens is 1. The maximum Gasteiger partial charge on any atom is 0.318 e. The Morgan fingerprint density at radius 3 is 3.12 bits per heavy atom. The van der Waals surface area contributed by atoms with Gasteiger partial charge >= 0.3 is 6.01 Å². The second-order valence-electron chi connectivity index (χ2n) is 3.77. The molecule has 1 atom stereocenters. The summed E-state index contributed by atoms with van der Waals surface area (Å²) in [5.41, 5.74) is 0. The minimum atomic E-state index is 0.352. The quantitative estimate of drug-likeness (QED) is 0.837. The average Bonchev–Trinajstić information content (AvgIpc) is 2.31. The fourth-order valence-corrected chi connectivity index (χ4v) is 2.00. The summed E-state index contributed by atoms with van der Waals surface area (Å²) in [6.07, 6.45) is 1.58. The number of ether oxygens (including phenoxy) is 1. The molecule has 0 saturated carbocycles. The summed E-state index contributed by atoms with van der Waals surface area (Å²) in [7, 11) is 1.55. The summed E-state index contributed by atoms with van der Waals surface area (Å²) in [4.78, 5) is 10.4. The minimum Gasteiger partial charge on any atom is -0.467 e. The Hall–Kier alpha value is -1.07. The van der Waals surface area contributed by atoms with Gasteiger partial charge < -0.3 is 15.0 Å². The molecule has 0 spiro atoms. The molecule has 1 fully saturated rings. The van der Waals surface area contributed by atoms with E-state index < -0.39 is 0 Å². The van der Waals surface area contributed by atoms with Crippen molar-refractivity contribution in [3.05, 3.63) is 11.2 Å². The third-order valence-electron chi connectivity index (χ3n) is 2.66. The van der Waals surface area contributed by atoms with Crippen LogP contribution < -0.4 is 15.0 Å². The third-order valence-corrected chi connectivity index (χ3v) is 2.93. The number of aromatic nitrogens is 2. The molecular weight excluding hydrogens is 228 g/mol. The molecule has 5 nitrogen and oxygen atoms in total. The lowest BCUT2D eigenvalue weighted by atomic mass is 10.2. The van der Waals surface area contributed by atoms with Gasteiger partial charge in [0.25, 0.3) is 0 Å². The van der Waals surface area contributed by atoms with E-state index in [2.05, 4.69) is 27.1 Å². The second kappa shape index (κ2) is 4.84. The van der Waals surface area contributed by atoms with E-state index in [-0.39, 0.29) is 0 Å². The third kappa shape index (κ3) is 2.20. The van der Waals surface area contributed by atoms with Crippen LogP contribution in [0, 0.1) is 0 Å². The standard InChI is InChI=1S/C10H15ClN4O/c1-7-5-12-3-4-15(7)9-8(11)6-13-10(14-9)16-2/h6-7,12H,3-5H2,1-2H3. The highest BCUT2D eigenvalue weighted by molar-refractivity contribution is 6.32. The minimum absolute atomic E-state index is 0.352. The number of nitrogens with one attached hydrogen (secondary N) is 1. The number of hydrogen-bond acceptors (Lipinski definition) is 5. The number of anilines is 1. The molecule has 2 rings (SSSR count). The van der Waals surface area contributed by atoms with Crippen molar-refractivity contribution in [3.63, 3.8) is 0 Å². The van der Waals surface area contributed by atoms with Gasteiger partial charge in [0.15, 0.2) is 5.82 Å². The Labute approximate surface area is 99.8 Å². The normalized spacial score (nSPS) is 20.9. The van der Waals surface area contributed by atoms with E-state index in [1.54, 1.807) is 13.3 Å². The van der Waals surface area contributed by atoms with E-state index in [0.717, 1.165) is 25.5 Å². The molecule has 16 heavy (non-hydrogen) atoms. The van der Waals surface area contributed by atoms with Crippen molar-refractivity contribution < 1.29 is 4.74 Å². The first-order valence-electron chi connectivity index (χ1n) is 5.26. The van der Waals surface area contributed by atoms with Crippen LogP contribution >= 0.6 is 11.6 Å². The second-order valence-corrected chi connectivity index (χ2v) is 4.18. The Morgan fingerprint density at radius 2 is 2.44 bits per heavy atom. The van der Waals surface area contributed by atoms with Gasteiger partial charge in [-0.3, -0.25) is 0 Å². The first kappa shape index (κ1) is 11.4. The molecule has 0 aromatic carbocycles. The van der Waals surface area contributed by atoms with Gasteiger partial charge in [0.2, 0.25) is 0 Å². The monoisotopic (exact) mass is 242 g/mol. The van der Waals surface area contributed by atoms with Crippen LogP contribution in [-0.4, -0.2) is 42.8 Å². The van der Waals surface area contributed by atoms with Crippen molar-refractivity contribution in [1.82, 2.24) is 15.3 Å². The van der Waals surface area contributed by atoms with Crippen LogP contribution in [-0.2, 0) is 0 Å². The highest BCUT2D eigenvalue weighted by Gasteiger charge is 2.22. The van der Waals surface area contributed by atoms with Crippen molar-refractivity contribution in [2.24, 2.45) is 0 Å². The van der Waals surface area contributed by atoms with E-state index in [4.69, 9.17) is 16.3 Å². The lowest BCUT2D eigenvalue weighted by molar-refractivity contribution is 0.378. The molecule has 0 radical (unpaired) electrons. The number of hydrogen-bond donors (Lipinski definition) is 1. The smallest absolute Gasteiger partial charge is 0.318 e. The van der Waals surface area contributed by atoms with E-state index in [1.165, 1.54) is 0 Å². The van der Waals surface area contributed by atoms with Crippen molar-refractivity contribution in [1.29, 1.82) is 0 Å². The Morgan fingerprint density at radius 1 is 1.62 bits per heavy atom. The fraction of sp³-hybridized carbons (Fsp3) is 0.600. The van der Waals surface area contributed by atoms with E-state index in [1.807, 2.05) is 0 Å². The zero-order valence-electron chi connectivity index (χ0n) is 9.40. The van der Waals surface area contributed by atoms with Crippen molar-refractivity contribution in [3.8, 4) is 6.01 Å². The van der Waals surface area contributed by atoms with Gasteiger partial charge in [-0.05, 0) is 6.92 Å². The van der Waals surface area contributed by atoms with Gasteiger partial charge in [-0.15, -0.1) is 0 Å². The molecule has 2 heterocycles. The number of rotatable bonds is 2. The average molecular weight is 243 g/mol. The summed E-state index contributed by atoms with van der Waals surface area (Å²) in [6.45, 7) is 4.90. The molecule has 1 aliphatic rings. The first-order chi connectivity index (χ1) is 7.72. The van der Waals surface area contributed by atoms with Crippen LogP contribution in [0.3, 0.4) is 0 Å². The largest absolute Gasteiger partial charge is 0.467 e.